The molecular weight excluding hydrogens is 132 g/mol. The summed E-state index contributed by atoms with van der Waals surface area (Å²) in [6.45, 7) is 6.98. The summed E-state index contributed by atoms with van der Waals surface area (Å²) in [5.41, 5.74) is 1.64. The van der Waals surface area contributed by atoms with Gasteiger partial charge in [0.2, 0.25) is 0 Å². The van der Waals surface area contributed by atoms with Gasteiger partial charge in [-0.3, -0.25) is 0 Å². The quantitative estimate of drug-likeness (QED) is 0.528. The van der Waals surface area contributed by atoms with Crippen molar-refractivity contribution in [3.8, 4) is 0 Å². The minimum absolute atomic E-state index is 0.895. The summed E-state index contributed by atoms with van der Waals surface area (Å²) >= 11 is 0. The molecule has 0 fully saturated rings. The van der Waals surface area contributed by atoms with Crippen molar-refractivity contribution < 1.29 is 0 Å². The molecule has 0 aromatic carbocycles. The van der Waals surface area contributed by atoms with Crippen molar-refractivity contribution in [2.45, 2.75) is 46.5 Å². The highest BCUT2D eigenvalue weighted by molar-refractivity contribution is 5.07. The van der Waals surface area contributed by atoms with Crippen molar-refractivity contribution in [2.75, 3.05) is 0 Å². The molecule has 2 atom stereocenters. The van der Waals surface area contributed by atoms with E-state index >= 15 is 0 Å². The second-order valence-corrected chi connectivity index (χ2v) is 3.87. The van der Waals surface area contributed by atoms with Crippen LogP contribution in [-0.2, 0) is 0 Å². The predicted octanol–water partition coefficient (Wildman–Crippen LogP) is 3.78. The summed E-state index contributed by atoms with van der Waals surface area (Å²) in [7, 11) is 0. The van der Waals surface area contributed by atoms with Crippen LogP contribution in [-0.4, -0.2) is 0 Å². The average Bonchev–Trinajstić information content (AvgIpc) is 2.04. The molecule has 0 bridgehead atoms. The predicted molar refractivity (Wildman–Crippen MR) is 50.6 cm³/mol. The Hall–Kier alpha value is -0.260. The zero-order valence-electron chi connectivity index (χ0n) is 8.06. The molecule has 2 unspecified atom stereocenters. The molecule has 0 N–H and O–H groups in total. The highest BCUT2D eigenvalue weighted by Gasteiger charge is 2.19. The second kappa shape index (κ2) is 3.94. The normalized spacial score (nSPS) is 27.9. The van der Waals surface area contributed by atoms with E-state index in [1.807, 2.05) is 0 Å². The van der Waals surface area contributed by atoms with Gasteiger partial charge in [0.25, 0.3) is 0 Å². The lowest BCUT2D eigenvalue weighted by Crippen LogP contribution is -2.14. The number of hydrogen-bond acceptors (Lipinski definition) is 0. The van der Waals surface area contributed by atoms with Gasteiger partial charge in [0.15, 0.2) is 0 Å². The van der Waals surface area contributed by atoms with Crippen molar-refractivity contribution in [1.82, 2.24) is 0 Å². The van der Waals surface area contributed by atoms with Crippen LogP contribution in [0.15, 0.2) is 11.6 Å². The Balaban J connectivity index is 2.55. The maximum Gasteiger partial charge on any atom is -0.0180 e. The lowest BCUT2D eigenvalue weighted by Gasteiger charge is -2.27. The zero-order chi connectivity index (χ0) is 8.27. The Morgan fingerprint density at radius 1 is 1.64 bits per heavy atom. The van der Waals surface area contributed by atoms with Gasteiger partial charge >= 0.3 is 0 Å². The molecule has 0 aromatic heterocycles. The summed E-state index contributed by atoms with van der Waals surface area (Å²) in [4.78, 5) is 0. The zero-order valence-corrected chi connectivity index (χ0v) is 8.06. The Morgan fingerprint density at radius 3 is 2.91 bits per heavy atom. The van der Waals surface area contributed by atoms with E-state index in [4.69, 9.17) is 0 Å². The van der Waals surface area contributed by atoms with E-state index in [0.717, 1.165) is 11.8 Å². The van der Waals surface area contributed by atoms with E-state index in [1.54, 1.807) is 5.57 Å². The molecule has 0 heteroatoms. The van der Waals surface area contributed by atoms with E-state index in [1.165, 1.54) is 25.7 Å². The molecule has 0 heterocycles. The molecule has 0 saturated heterocycles. The van der Waals surface area contributed by atoms with Crippen LogP contribution in [0, 0.1) is 11.8 Å². The first-order valence-corrected chi connectivity index (χ1v) is 4.92. The molecule has 0 aromatic rings. The van der Waals surface area contributed by atoms with Crippen molar-refractivity contribution in [3.63, 3.8) is 0 Å². The SMILES string of the molecule is CCC(C)C1CCCC=C1C. The highest BCUT2D eigenvalue weighted by Crippen LogP contribution is 2.31. The van der Waals surface area contributed by atoms with Crippen LogP contribution < -0.4 is 0 Å². The molecular formula is C11H20. The van der Waals surface area contributed by atoms with Crippen LogP contribution in [0.1, 0.15) is 46.5 Å². The van der Waals surface area contributed by atoms with Crippen molar-refractivity contribution in [2.24, 2.45) is 11.8 Å². The second-order valence-electron chi connectivity index (χ2n) is 3.87. The van der Waals surface area contributed by atoms with Gasteiger partial charge < -0.3 is 0 Å². The molecule has 11 heavy (non-hydrogen) atoms. The molecule has 0 nitrogen and oxygen atoms in total. The molecule has 1 aliphatic carbocycles. The van der Waals surface area contributed by atoms with E-state index in [2.05, 4.69) is 26.8 Å². The number of rotatable bonds is 2. The topological polar surface area (TPSA) is 0 Å². The Bertz CT molecular complexity index is 144. The molecule has 1 aliphatic rings. The first kappa shape index (κ1) is 8.83. The third kappa shape index (κ3) is 2.08. The van der Waals surface area contributed by atoms with Crippen molar-refractivity contribution >= 4 is 0 Å². The van der Waals surface area contributed by atoms with Crippen LogP contribution in [0.5, 0.6) is 0 Å². The Morgan fingerprint density at radius 2 is 2.36 bits per heavy atom. The van der Waals surface area contributed by atoms with E-state index in [-0.39, 0.29) is 0 Å². The third-order valence-corrected chi connectivity index (χ3v) is 3.10. The minimum atomic E-state index is 0.895. The van der Waals surface area contributed by atoms with Crippen LogP contribution in [0.3, 0.4) is 0 Å². The molecule has 0 amide bonds. The summed E-state index contributed by atoms with van der Waals surface area (Å²) in [5, 5.41) is 0. The standard InChI is InChI=1S/C11H20/c1-4-9(2)11-8-6-5-7-10(11)3/h7,9,11H,4-6,8H2,1-3H3. The van der Waals surface area contributed by atoms with Gasteiger partial charge in [-0.25, -0.2) is 0 Å². The van der Waals surface area contributed by atoms with Crippen molar-refractivity contribution in [1.29, 1.82) is 0 Å². The van der Waals surface area contributed by atoms with Crippen LogP contribution in [0.2, 0.25) is 0 Å². The van der Waals surface area contributed by atoms with Crippen molar-refractivity contribution in [3.05, 3.63) is 11.6 Å². The summed E-state index contributed by atoms with van der Waals surface area (Å²) in [6.07, 6.45) is 7.92. The fourth-order valence-electron chi connectivity index (χ4n) is 2.06. The molecule has 0 spiro atoms. The molecule has 64 valence electrons. The van der Waals surface area contributed by atoms with Crippen LogP contribution in [0.4, 0.5) is 0 Å². The van der Waals surface area contributed by atoms with Crippen LogP contribution in [0.25, 0.3) is 0 Å². The molecule has 1 rings (SSSR count). The highest BCUT2D eigenvalue weighted by atomic mass is 14.2. The first-order valence-electron chi connectivity index (χ1n) is 4.92. The molecule has 0 radical (unpaired) electrons. The Kier molecular flexibility index (Phi) is 3.16. The fourth-order valence-corrected chi connectivity index (χ4v) is 2.06. The summed E-state index contributed by atoms with van der Waals surface area (Å²) in [6, 6.07) is 0. The number of hydrogen-bond donors (Lipinski definition) is 0. The minimum Gasteiger partial charge on any atom is -0.0853 e. The Labute approximate surface area is 70.7 Å². The smallest absolute Gasteiger partial charge is 0.0180 e. The lowest BCUT2D eigenvalue weighted by atomic mass is 9.79. The largest absolute Gasteiger partial charge is 0.0853 e. The van der Waals surface area contributed by atoms with Gasteiger partial charge in [0.1, 0.15) is 0 Å². The van der Waals surface area contributed by atoms with Crippen LogP contribution >= 0.6 is 0 Å². The van der Waals surface area contributed by atoms with Gasteiger partial charge in [0, 0.05) is 0 Å². The van der Waals surface area contributed by atoms with E-state index in [0.29, 0.717) is 0 Å². The summed E-state index contributed by atoms with van der Waals surface area (Å²) in [5.74, 6) is 1.79. The average molecular weight is 152 g/mol. The molecule has 0 saturated carbocycles. The van der Waals surface area contributed by atoms with Gasteiger partial charge in [-0.1, -0.05) is 31.9 Å². The van der Waals surface area contributed by atoms with Gasteiger partial charge in [-0.05, 0) is 38.0 Å². The maximum atomic E-state index is 2.43. The monoisotopic (exact) mass is 152 g/mol. The lowest BCUT2D eigenvalue weighted by molar-refractivity contribution is 0.355. The molecule has 0 aliphatic heterocycles. The first-order chi connectivity index (χ1) is 5.25. The van der Waals surface area contributed by atoms with Gasteiger partial charge in [-0.15, -0.1) is 0 Å². The van der Waals surface area contributed by atoms with E-state index < -0.39 is 0 Å². The fraction of sp³-hybridized carbons (Fsp3) is 0.818. The summed E-state index contributed by atoms with van der Waals surface area (Å²) < 4.78 is 0. The number of allylic oxidation sites excluding steroid dienone is 2. The van der Waals surface area contributed by atoms with Gasteiger partial charge in [0.05, 0.1) is 0 Å². The maximum absolute atomic E-state index is 2.43. The van der Waals surface area contributed by atoms with E-state index in [9.17, 15) is 0 Å². The third-order valence-electron chi connectivity index (χ3n) is 3.10. The van der Waals surface area contributed by atoms with Gasteiger partial charge in [-0.2, -0.15) is 0 Å².